The van der Waals surface area contributed by atoms with Crippen molar-refractivity contribution in [3.8, 4) is 5.75 Å². The van der Waals surface area contributed by atoms with Gasteiger partial charge in [0, 0.05) is 24.3 Å². The number of rotatable bonds is 5. The first kappa shape index (κ1) is 18.8. The van der Waals surface area contributed by atoms with E-state index in [1.165, 1.54) is 12.5 Å². The topological polar surface area (TPSA) is 70.7 Å². The Hall–Kier alpha value is -3.02. The number of amides is 2. The van der Waals surface area contributed by atoms with Gasteiger partial charge in [0.25, 0.3) is 0 Å². The third kappa shape index (κ3) is 4.39. The first-order valence-electron chi connectivity index (χ1n) is 9.08. The molecule has 0 bridgehead atoms. The highest BCUT2D eigenvalue weighted by molar-refractivity contribution is 5.97. The van der Waals surface area contributed by atoms with Gasteiger partial charge >= 0.3 is 0 Å². The zero-order valence-electron chi connectivity index (χ0n) is 15.9. The molecule has 0 unspecified atom stereocenters. The average molecular weight is 367 g/mol. The Morgan fingerprint density at radius 3 is 2.70 bits per heavy atom. The van der Waals surface area contributed by atoms with Crippen molar-refractivity contribution in [3.63, 3.8) is 0 Å². The fraction of sp³-hybridized carbons (Fsp3) is 0.333. The van der Waals surface area contributed by atoms with Gasteiger partial charge in [0.2, 0.25) is 11.8 Å². The number of nitrogens with zero attached hydrogens (tertiary/aromatic N) is 1. The quantitative estimate of drug-likeness (QED) is 0.849. The number of ether oxygens (including phenoxy) is 1. The van der Waals surface area contributed by atoms with Crippen LogP contribution >= 0.6 is 0 Å². The van der Waals surface area contributed by atoms with Crippen molar-refractivity contribution in [3.05, 3.63) is 48.0 Å². The fourth-order valence-electron chi connectivity index (χ4n) is 3.43. The van der Waals surface area contributed by atoms with E-state index in [1.54, 1.807) is 25.3 Å². The molecule has 2 aromatic rings. The molecule has 6 heteroatoms. The second kappa shape index (κ2) is 8.12. The van der Waals surface area contributed by atoms with Gasteiger partial charge in [0.15, 0.2) is 0 Å². The number of aryl methyl sites for hydroxylation is 1. The standard InChI is InChI=1S/C21H25N3O3/c1-14-8-9-16-6-4-5-7-19(16)24(14)13-21(26)23-18-12-17(22-15(2)25)10-11-20(18)27-3/h4-7,10-12,14H,8-9,13H2,1-3H3,(H,22,25)(H,23,26)/t14-/m1/s1. The molecular weight excluding hydrogens is 342 g/mol. The summed E-state index contributed by atoms with van der Waals surface area (Å²) >= 11 is 0. The van der Waals surface area contributed by atoms with Crippen molar-refractivity contribution >= 4 is 28.9 Å². The predicted molar refractivity (Wildman–Crippen MR) is 107 cm³/mol. The third-order valence-electron chi connectivity index (χ3n) is 4.77. The Morgan fingerprint density at radius 2 is 1.96 bits per heavy atom. The first-order valence-corrected chi connectivity index (χ1v) is 9.08. The minimum absolute atomic E-state index is 0.128. The molecule has 1 aliphatic rings. The first-order chi connectivity index (χ1) is 13.0. The lowest BCUT2D eigenvalue weighted by atomic mass is 9.96. The molecule has 2 amide bonds. The summed E-state index contributed by atoms with van der Waals surface area (Å²) in [5.41, 5.74) is 3.53. The number of benzene rings is 2. The van der Waals surface area contributed by atoms with Crippen molar-refractivity contribution in [1.82, 2.24) is 0 Å². The van der Waals surface area contributed by atoms with E-state index in [2.05, 4.69) is 34.6 Å². The normalized spacial score (nSPS) is 15.7. The van der Waals surface area contributed by atoms with Crippen LogP contribution in [-0.2, 0) is 16.0 Å². The molecule has 27 heavy (non-hydrogen) atoms. The van der Waals surface area contributed by atoms with Crippen molar-refractivity contribution in [2.45, 2.75) is 32.7 Å². The molecule has 0 fully saturated rings. The van der Waals surface area contributed by atoms with E-state index in [0.29, 0.717) is 23.2 Å². The molecule has 0 aromatic heterocycles. The largest absolute Gasteiger partial charge is 0.495 e. The van der Waals surface area contributed by atoms with E-state index in [1.807, 2.05) is 12.1 Å². The Labute approximate surface area is 159 Å². The minimum Gasteiger partial charge on any atom is -0.495 e. The van der Waals surface area contributed by atoms with Crippen LogP contribution in [0.2, 0.25) is 0 Å². The Morgan fingerprint density at radius 1 is 1.19 bits per heavy atom. The van der Waals surface area contributed by atoms with Crippen LogP contribution in [0.4, 0.5) is 17.1 Å². The van der Waals surface area contributed by atoms with Gasteiger partial charge in [-0.2, -0.15) is 0 Å². The number of nitrogens with one attached hydrogen (secondary N) is 2. The van der Waals surface area contributed by atoms with E-state index in [-0.39, 0.29) is 18.4 Å². The Balaban J connectivity index is 1.77. The number of hydrogen-bond donors (Lipinski definition) is 2. The van der Waals surface area contributed by atoms with E-state index >= 15 is 0 Å². The van der Waals surface area contributed by atoms with E-state index < -0.39 is 0 Å². The molecule has 0 saturated heterocycles. The summed E-state index contributed by atoms with van der Waals surface area (Å²) in [7, 11) is 1.55. The maximum absolute atomic E-state index is 12.7. The Bertz CT molecular complexity index is 850. The highest BCUT2D eigenvalue weighted by Gasteiger charge is 2.24. The molecule has 1 heterocycles. The number of methoxy groups -OCH3 is 1. The van der Waals surface area contributed by atoms with Gasteiger partial charge in [-0.05, 0) is 49.6 Å². The van der Waals surface area contributed by atoms with Gasteiger partial charge in [-0.3, -0.25) is 9.59 Å². The number of anilines is 3. The lowest BCUT2D eigenvalue weighted by Gasteiger charge is -2.36. The number of hydrogen-bond acceptors (Lipinski definition) is 4. The van der Waals surface area contributed by atoms with Crippen molar-refractivity contribution in [1.29, 1.82) is 0 Å². The molecular formula is C21H25N3O3. The van der Waals surface area contributed by atoms with Gasteiger partial charge in [-0.25, -0.2) is 0 Å². The molecule has 1 aliphatic heterocycles. The SMILES string of the molecule is COc1ccc(NC(C)=O)cc1NC(=O)CN1c2ccccc2CC[C@H]1C. The highest BCUT2D eigenvalue weighted by Crippen LogP contribution is 2.31. The van der Waals surface area contributed by atoms with E-state index in [0.717, 1.165) is 18.5 Å². The Kier molecular flexibility index (Phi) is 5.64. The number of fused-ring (bicyclic) bond motifs is 1. The molecule has 2 N–H and O–H groups in total. The number of carbonyl (C=O) groups excluding carboxylic acids is 2. The summed E-state index contributed by atoms with van der Waals surface area (Å²) in [5.74, 6) is 0.248. The molecule has 3 rings (SSSR count). The van der Waals surface area contributed by atoms with Gasteiger partial charge in [0.05, 0.1) is 19.3 Å². The monoisotopic (exact) mass is 367 g/mol. The van der Waals surface area contributed by atoms with Gasteiger partial charge < -0.3 is 20.3 Å². The summed E-state index contributed by atoms with van der Waals surface area (Å²) in [6, 6.07) is 13.7. The molecule has 1 atom stereocenters. The van der Waals surface area contributed by atoms with E-state index in [4.69, 9.17) is 4.74 Å². The highest BCUT2D eigenvalue weighted by atomic mass is 16.5. The minimum atomic E-state index is -0.170. The van der Waals surface area contributed by atoms with Crippen LogP contribution in [0.1, 0.15) is 25.8 Å². The van der Waals surface area contributed by atoms with Crippen LogP contribution < -0.4 is 20.3 Å². The lowest BCUT2D eigenvalue weighted by Crippen LogP contribution is -2.42. The predicted octanol–water partition coefficient (Wildman–Crippen LogP) is 3.43. The molecule has 6 nitrogen and oxygen atoms in total. The smallest absolute Gasteiger partial charge is 0.244 e. The van der Waals surface area contributed by atoms with Crippen LogP contribution in [0.15, 0.2) is 42.5 Å². The fourth-order valence-corrected chi connectivity index (χ4v) is 3.43. The zero-order chi connectivity index (χ0) is 19.4. The molecule has 2 aromatic carbocycles. The second-order valence-corrected chi connectivity index (χ2v) is 6.79. The van der Waals surface area contributed by atoms with Gasteiger partial charge in [-0.15, -0.1) is 0 Å². The van der Waals surface area contributed by atoms with E-state index in [9.17, 15) is 9.59 Å². The maximum Gasteiger partial charge on any atom is 0.244 e. The maximum atomic E-state index is 12.7. The summed E-state index contributed by atoms with van der Waals surface area (Å²) in [4.78, 5) is 26.2. The summed E-state index contributed by atoms with van der Waals surface area (Å²) in [6.07, 6.45) is 2.05. The average Bonchev–Trinajstić information content (AvgIpc) is 2.64. The van der Waals surface area contributed by atoms with Crippen LogP contribution in [0.5, 0.6) is 5.75 Å². The number of para-hydroxylation sites is 1. The molecule has 142 valence electrons. The molecule has 0 aliphatic carbocycles. The van der Waals surface area contributed by atoms with Crippen LogP contribution in [0, 0.1) is 0 Å². The third-order valence-corrected chi connectivity index (χ3v) is 4.77. The van der Waals surface area contributed by atoms with Gasteiger partial charge in [0.1, 0.15) is 5.75 Å². The molecule has 0 radical (unpaired) electrons. The zero-order valence-corrected chi connectivity index (χ0v) is 15.9. The lowest BCUT2D eigenvalue weighted by molar-refractivity contribution is -0.115. The van der Waals surface area contributed by atoms with Crippen LogP contribution in [0.3, 0.4) is 0 Å². The van der Waals surface area contributed by atoms with Crippen LogP contribution in [-0.4, -0.2) is 31.5 Å². The molecule has 0 saturated carbocycles. The summed E-state index contributed by atoms with van der Waals surface area (Å²) in [6.45, 7) is 3.84. The summed E-state index contributed by atoms with van der Waals surface area (Å²) in [5, 5.41) is 5.63. The van der Waals surface area contributed by atoms with Crippen molar-refractivity contribution < 1.29 is 14.3 Å². The van der Waals surface area contributed by atoms with Crippen LogP contribution in [0.25, 0.3) is 0 Å². The molecule has 0 spiro atoms. The second-order valence-electron chi connectivity index (χ2n) is 6.79. The van der Waals surface area contributed by atoms with Crippen molar-refractivity contribution in [2.24, 2.45) is 0 Å². The summed E-state index contributed by atoms with van der Waals surface area (Å²) < 4.78 is 5.33. The van der Waals surface area contributed by atoms with Crippen molar-refractivity contribution in [2.75, 3.05) is 29.2 Å². The van der Waals surface area contributed by atoms with Gasteiger partial charge in [-0.1, -0.05) is 18.2 Å². The number of carbonyl (C=O) groups is 2.